The summed E-state index contributed by atoms with van der Waals surface area (Å²) in [5.41, 5.74) is 8.87. The van der Waals surface area contributed by atoms with Crippen molar-refractivity contribution < 1.29 is 9.32 Å². The molecule has 0 fully saturated rings. The standard InChI is InChI=1S/C19H18N8O2/c1-2-12-5-3-4-6-14(12)22-15(28)11-27-17(20)16(24-26-27)19-23-18(25-29-19)13-7-9-21-10-8-13/h3-10H,2,11,20H2,1H3,(H,22,28). The van der Waals surface area contributed by atoms with E-state index in [2.05, 4.69) is 30.8 Å². The van der Waals surface area contributed by atoms with E-state index in [0.717, 1.165) is 23.2 Å². The third kappa shape index (κ3) is 3.81. The molecule has 29 heavy (non-hydrogen) atoms. The second kappa shape index (κ2) is 7.89. The number of amides is 1. The number of hydrogen-bond donors (Lipinski definition) is 2. The van der Waals surface area contributed by atoms with Crippen LogP contribution in [0.3, 0.4) is 0 Å². The summed E-state index contributed by atoms with van der Waals surface area (Å²) in [5.74, 6) is 0.397. The van der Waals surface area contributed by atoms with Crippen molar-refractivity contribution in [3.63, 3.8) is 0 Å². The Hall–Kier alpha value is -4.08. The van der Waals surface area contributed by atoms with Gasteiger partial charge in [0.2, 0.25) is 11.7 Å². The maximum absolute atomic E-state index is 12.4. The van der Waals surface area contributed by atoms with Gasteiger partial charge in [0.15, 0.2) is 11.5 Å². The van der Waals surface area contributed by atoms with Crippen molar-refractivity contribution in [1.29, 1.82) is 0 Å². The fraction of sp³-hybridized carbons (Fsp3) is 0.158. The molecular formula is C19H18N8O2. The van der Waals surface area contributed by atoms with E-state index >= 15 is 0 Å². The molecule has 0 bridgehead atoms. The van der Waals surface area contributed by atoms with Crippen LogP contribution < -0.4 is 11.1 Å². The molecule has 10 heteroatoms. The average Bonchev–Trinajstić information content (AvgIpc) is 3.36. The summed E-state index contributed by atoms with van der Waals surface area (Å²) in [4.78, 5) is 20.7. The van der Waals surface area contributed by atoms with Gasteiger partial charge >= 0.3 is 0 Å². The lowest BCUT2D eigenvalue weighted by molar-refractivity contribution is -0.116. The van der Waals surface area contributed by atoms with Crippen LogP contribution in [0.1, 0.15) is 12.5 Å². The fourth-order valence-electron chi connectivity index (χ4n) is 2.80. The predicted octanol–water partition coefficient (Wildman–Crippen LogP) is 2.17. The number of nitrogens with zero attached hydrogens (tertiary/aromatic N) is 6. The topological polar surface area (TPSA) is 138 Å². The Morgan fingerprint density at radius 2 is 2.00 bits per heavy atom. The molecule has 4 rings (SSSR count). The highest BCUT2D eigenvalue weighted by Crippen LogP contribution is 2.24. The summed E-state index contributed by atoms with van der Waals surface area (Å²) in [6, 6.07) is 11.1. The molecule has 0 radical (unpaired) electrons. The Kier molecular flexibility index (Phi) is 4.97. The van der Waals surface area contributed by atoms with Crippen LogP contribution in [0.2, 0.25) is 0 Å². The van der Waals surface area contributed by atoms with Gasteiger partial charge in [0.25, 0.3) is 5.89 Å². The molecule has 0 aliphatic heterocycles. The normalized spacial score (nSPS) is 10.8. The van der Waals surface area contributed by atoms with Crippen molar-refractivity contribution in [2.45, 2.75) is 19.9 Å². The SMILES string of the molecule is CCc1ccccc1NC(=O)Cn1nnc(-c2nc(-c3ccncc3)no2)c1N. The molecule has 146 valence electrons. The van der Waals surface area contributed by atoms with Gasteiger partial charge in [-0.05, 0) is 30.2 Å². The highest BCUT2D eigenvalue weighted by molar-refractivity contribution is 5.91. The summed E-state index contributed by atoms with van der Waals surface area (Å²) >= 11 is 0. The van der Waals surface area contributed by atoms with Gasteiger partial charge in [0, 0.05) is 23.6 Å². The first-order valence-electron chi connectivity index (χ1n) is 8.97. The van der Waals surface area contributed by atoms with Crippen LogP contribution in [0.4, 0.5) is 11.5 Å². The van der Waals surface area contributed by atoms with E-state index < -0.39 is 0 Å². The lowest BCUT2D eigenvalue weighted by atomic mass is 10.1. The molecule has 0 unspecified atom stereocenters. The molecule has 0 aliphatic rings. The van der Waals surface area contributed by atoms with Crippen LogP contribution in [-0.4, -0.2) is 36.0 Å². The summed E-state index contributed by atoms with van der Waals surface area (Å²) in [7, 11) is 0. The van der Waals surface area contributed by atoms with Crippen molar-refractivity contribution in [3.8, 4) is 23.0 Å². The minimum Gasteiger partial charge on any atom is -0.382 e. The molecule has 0 saturated carbocycles. The molecule has 0 atom stereocenters. The highest BCUT2D eigenvalue weighted by atomic mass is 16.5. The number of benzene rings is 1. The lowest BCUT2D eigenvalue weighted by Gasteiger charge is -2.09. The van der Waals surface area contributed by atoms with Crippen LogP contribution in [0, 0.1) is 0 Å². The molecule has 1 amide bonds. The monoisotopic (exact) mass is 390 g/mol. The Labute approximate surface area is 165 Å². The van der Waals surface area contributed by atoms with Gasteiger partial charge in [-0.3, -0.25) is 9.78 Å². The fourth-order valence-corrected chi connectivity index (χ4v) is 2.80. The first-order valence-corrected chi connectivity index (χ1v) is 8.97. The van der Waals surface area contributed by atoms with Crippen LogP contribution >= 0.6 is 0 Å². The van der Waals surface area contributed by atoms with E-state index in [-0.39, 0.29) is 29.9 Å². The minimum atomic E-state index is -0.267. The molecule has 4 aromatic rings. The van der Waals surface area contributed by atoms with E-state index in [4.69, 9.17) is 10.3 Å². The van der Waals surface area contributed by atoms with Gasteiger partial charge in [-0.25, -0.2) is 4.68 Å². The number of rotatable bonds is 6. The van der Waals surface area contributed by atoms with Crippen LogP contribution in [0.25, 0.3) is 23.0 Å². The summed E-state index contributed by atoms with van der Waals surface area (Å²) in [5, 5.41) is 14.7. The number of para-hydroxylation sites is 1. The molecule has 1 aromatic carbocycles. The van der Waals surface area contributed by atoms with E-state index in [9.17, 15) is 4.79 Å². The molecular weight excluding hydrogens is 372 g/mol. The number of carbonyl (C=O) groups is 1. The summed E-state index contributed by atoms with van der Waals surface area (Å²) in [6.45, 7) is 1.93. The lowest BCUT2D eigenvalue weighted by Crippen LogP contribution is -2.21. The zero-order valence-electron chi connectivity index (χ0n) is 15.6. The first-order chi connectivity index (χ1) is 14.2. The molecule has 3 heterocycles. The van der Waals surface area contributed by atoms with Crippen molar-refractivity contribution >= 4 is 17.4 Å². The zero-order chi connectivity index (χ0) is 20.2. The van der Waals surface area contributed by atoms with Crippen LogP contribution in [-0.2, 0) is 17.8 Å². The maximum atomic E-state index is 12.4. The quantitative estimate of drug-likeness (QED) is 0.511. The van der Waals surface area contributed by atoms with E-state index in [0.29, 0.717) is 5.82 Å². The highest BCUT2D eigenvalue weighted by Gasteiger charge is 2.20. The van der Waals surface area contributed by atoms with E-state index in [1.54, 1.807) is 24.5 Å². The van der Waals surface area contributed by atoms with Gasteiger partial charge in [0.1, 0.15) is 6.54 Å². The molecule has 3 N–H and O–H groups in total. The van der Waals surface area contributed by atoms with Gasteiger partial charge in [-0.15, -0.1) is 5.10 Å². The van der Waals surface area contributed by atoms with Crippen molar-refractivity contribution in [3.05, 3.63) is 54.4 Å². The third-order valence-electron chi connectivity index (χ3n) is 4.31. The zero-order valence-corrected chi connectivity index (χ0v) is 15.6. The second-order valence-corrected chi connectivity index (χ2v) is 6.20. The number of pyridine rings is 1. The Balaban J connectivity index is 1.50. The molecule has 3 aromatic heterocycles. The summed E-state index contributed by atoms with van der Waals surface area (Å²) in [6.07, 6.45) is 4.07. The predicted molar refractivity (Wildman–Crippen MR) is 105 cm³/mol. The van der Waals surface area contributed by atoms with Crippen molar-refractivity contribution in [2.75, 3.05) is 11.1 Å². The van der Waals surface area contributed by atoms with Gasteiger partial charge < -0.3 is 15.6 Å². The minimum absolute atomic E-state index is 0.0950. The summed E-state index contributed by atoms with van der Waals surface area (Å²) < 4.78 is 6.54. The molecule has 0 aliphatic carbocycles. The Bertz CT molecular complexity index is 1140. The number of nitrogens with one attached hydrogen (secondary N) is 1. The van der Waals surface area contributed by atoms with Crippen LogP contribution in [0.15, 0.2) is 53.3 Å². The van der Waals surface area contributed by atoms with Gasteiger partial charge in [-0.2, -0.15) is 4.98 Å². The Morgan fingerprint density at radius 1 is 1.21 bits per heavy atom. The Morgan fingerprint density at radius 3 is 2.79 bits per heavy atom. The number of aryl methyl sites for hydroxylation is 1. The van der Waals surface area contributed by atoms with Gasteiger partial charge in [0.05, 0.1) is 0 Å². The molecule has 0 spiro atoms. The number of aromatic nitrogens is 6. The average molecular weight is 390 g/mol. The van der Waals surface area contributed by atoms with Gasteiger partial charge in [-0.1, -0.05) is 35.5 Å². The third-order valence-corrected chi connectivity index (χ3v) is 4.31. The molecule has 10 nitrogen and oxygen atoms in total. The van der Waals surface area contributed by atoms with Crippen molar-refractivity contribution in [2.24, 2.45) is 0 Å². The number of hydrogen-bond acceptors (Lipinski definition) is 8. The smallest absolute Gasteiger partial charge is 0.282 e. The van der Waals surface area contributed by atoms with Crippen LogP contribution in [0.5, 0.6) is 0 Å². The number of anilines is 2. The number of carbonyl (C=O) groups excluding carboxylic acids is 1. The largest absolute Gasteiger partial charge is 0.382 e. The van der Waals surface area contributed by atoms with E-state index in [1.165, 1.54) is 4.68 Å². The second-order valence-electron chi connectivity index (χ2n) is 6.20. The first kappa shape index (κ1) is 18.3. The maximum Gasteiger partial charge on any atom is 0.282 e. The number of nitrogens with two attached hydrogens (primary N) is 1. The number of nitrogen functional groups attached to an aromatic ring is 1. The molecule has 0 saturated heterocycles. The van der Waals surface area contributed by atoms with Crippen molar-refractivity contribution in [1.82, 2.24) is 30.1 Å². The van der Waals surface area contributed by atoms with E-state index in [1.807, 2.05) is 31.2 Å².